The number of aliphatic hydroxyl groups excluding tert-OH is 1. The molecule has 96 valence electrons. The Morgan fingerprint density at radius 3 is 2.76 bits per heavy atom. The lowest BCUT2D eigenvalue weighted by Gasteiger charge is -2.52. The van der Waals surface area contributed by atoms with E-state index in [2.05, 4.69) is 5.32 Å². The smallest absolute Gasteiger partial charge is 0.247 e. The van der Waals surface area contributed by atoms with Gasteiger partial charge in [-0.15, -0.1) is 0 Å². The molecule has 2 rings (SSSR count). The molecule has 3 atom stereocenters. The van der Waals surface area contributed by atoms with Gasteiger partial charge in [-0.05, 0) is 26.2 Å². The Morgan fingerprint density at radius 1 is 1.59 bits per heavy atom. The summed E-state index contributed by atoms with van der Waals surface area (Å²) in [7, 11) is 0. The molecule has 0 bridgehead atoms. The van der Waals surface area contributed by atoms with E-state index < -0.39 is 17.7 Å². The Labute approximate surface area is 100 Å². The molecular formula is C11H19N3O3. The van der Waals surface area contributed by atoms with Gasteiger partial charge < -0.3 is 21.1 Å². The summed E-state index contributed by atoms with van der Waals surface area (Å²) >= 11 is 0. The molecule has 0 saturated carbocycles. The summed E-state index contributed by atoms with van der Waals surface area (Å²) in [6, 6.07) is -0.946. The van der Waals surface area contributed by atoms with Crippen LogP contribution in [0.4, 0.5) is 0 Å². The summed E-state index contributed by atoms with van der Waals surface area (Å²) in [6.07, 6.45) is 1.62. The monoisotopic (exact) mass is 241 g/mol. The number of nitrogens with one attached hydrogen (secondary N) is 1. The van der Waals surface area contributed by atoms with Crippen LogP contribution in [-0.4, -0.2) is 52.6 Å². The number of likely N-dealkylation sites (tertiary alicyclic amines) is 1. The van der Waals surface area contributed by atoms with E-state index in [0.29, 0.717) is 19.5 Å². The van der Waals surface area contributed by atoms with Crippen molar-refractivity contribution in [3.8, 4) is 0 Å². The van der Waals surface area contributed by atoms with Gasteiger partial charge in [0.25, 0.3) is 0 Å². The fourth-order valence-corrected chi connectivity index (χ4v) is 2.53. The van der Waals surface area contributed by atoms with Crippen LogP contribution >= 0.6 is 0 Å². The zero-order valence-corrected chi connectivity index (χ0v) is 9.98. The summed E-state index contributed by atoms with van der Waals surface area (Å²) < 4.78 is 0. The first-order chi connectivity index (χ1) is 7.99. The average Bonchev–Trinajstić information content (AvgIpc) is 2.34. The lowest BCUT2D eigenvalue weighted by molar-refractivity contribution is -0.160. The molecule has 2 aliphatic heterocycles. The molecule has 1 spiro atoms. The van der Waals surface area contributed by atoms with Crippen LogP contribution in [0.3, 0.4) is 0 Å². The second-order valence-electron chi connectivity index (χ2n) is 4.93. The Balaban J connectivity index is 2.17. The van der Waals surface area contributed by atoms with E-state index in [4.69, 9.17) is 5.73 Å². The van der Waals surface area contributed by atoms with Crippen LogP contribution in [0.15, 0.2) is 0 Å². The van der Waals surface area contributed by atoms with Crippen molar-refractivity contribution in [2.24, 2.45) is 5.73 Å². The van der Waals surface area contributed by atoms with E-state index in [1.165, 1.54) is 6.92 Å². The van der Waals surface area contributed by atoms with Crippen molar-refractivity contribution in [3.05, 3.63) is 0 Å². The van der Waals surface area contributed by atoms with Gasteiger partial charge in [0.1, 0.15) is 11.6 Å². The minimum atomic E-state index is -0.946. The molecule has 0 radical (unpaired) electrons. The second kappa shape index (κ2) is 4.27. The zero-order chi connectivity index (χ0) is 12.6. The standard InChI is InChI=1S/C11H19N3O3/c1-7(15)8(12)9(16)14-5-3-2-4-11(14)6-13-10(11)17/h7-8,15H,2-6,12H2,1H3,(H,13,17)/t7-,8+,11?/m1/s1. The topological polar surface area (TPSA) is 95.7 Å². The summed E-state index contributed by atoms with van der Waals surface area (Å²) in [5, 5.41) is 12.1. The molecule has 1 unspecified atom stereocenters. The highest BCUT2D eigenvalue weighted by atomic mass is 16.3. The molecule has 0 aromatic rings. The summed E-state index contributed by atoms with van der Waals surface area (Å²) in [4.78, 5) is 25.4. The Hall–Kier alpha value is -1.14. The molecule has 0 aromatic carbocycles. The molecule has 2 amide bonds. The number of nitrogens with zero attached hydrogens (tertiary/aromatic N) is 1. The third-order valence-electron chi connectivity index (χ3n) is 3.77. The molecule has 6 heteroatoms. The minimum absolute atomic E-state index is 0.0941. The Kier molecular flexibility index (Phi) is 3.09. The van der Waals surface area contributed by atoms with Gasteiger partial charge in [0.05, 0.1) is 6.10 Å². The number of carbonyl (C=O) groups is 2. The van der Waals surface area contributed by atoms with E-state index in [0.717, 1.165) is 12.8 Å². The number of hydrogen-bond acceptors (Lipinski definition) is 4. The summed E-state index contributed by atoms with van der Waals surface area (Å²) in [6.45, 7) is 2.54. The molecule has 6 nitrogen and oxygen atoms in total. The second-order valence-corrected chi connectivity index (χ2v) is 4.93. The highest BCUT2D eigenvalue weighted by molar-refractivity contribution is 5.97. The molecule has 2 fully saturated rings. The first-order valence-electron chi connectivity index (χ1n) is 6.02. The normalized spacial score (nSPS) is 31.7. The van der Waals surface area contributed by atoms with E-state index in [1.807, 2.05) is 0 Å². The van der Waals surface area contributed by atoms with Gasteiger partial charge in [-0.25, -0.2) is 0 Å². The fraction of sp³-hybridized carbons (Fsp3) is 0.818. The molecule has 0 aliphatic carbocycles. The van der Waals surface area contributed by atoms with Crippen LogP contribution in [0.2, 0.25) is 0 Å². The van der Waals surface area contributed by atoms with Crippen molar-refractivity contribution >= 4 is 11.8 Å². The largest absolute Gasteiger partial charge is 0.391 e. The molecular weight excluding hydrogens is 222 g/mol. The van der Waals surface area contributed by atoms with Gasteiger partial charge in [0, 0.05) is 13.1 Å². The number of aliphatic hydroxyl groups is 1. The van der Waals surface area contributed by atoms with Crippen molar-refractivity contribution in [1.82, 2.24) is 10.2 Å². The van der Waals surface area contributed by atoms with Gasteiger partial charge in [-0.1, -0.05) is 0 Å². The van der Waals surface area contributed by atoms with Crippen LogP contribution in [0.5, 0.6) is 0 Å². The summed E-state index contributed by atoms with van der Waals surface area (Å²) in [5.74, 6) is -0.419. The minimum Gasteiger partial charge on any atom is -0.391 e. The van der Waals surface area contributed by atoms with Crippen LogP contribution in [-0.2, 0) is 9.59 Å². The van der Waals surface area contributed by atoms with Gasteiger partial charge in [-0.3, -0.25) is 9.59 Å². The molecule has 0 aromatic heterocycles. The lowest BCUT2D eigenvalue weighted by Crippen LogP contribution is -2.76. The Bertz CT molecular complexity index is 345. The zero-order valence-electron chi connectivity index (χ0n) is 9.98. The van der Waals surface area contributed by atoms with Gasteiger partial charge in [0.15, 0.2) is 0 Å². The van der Waals surface area contributed by atoms with Gasteiger partial charge in [0.2, 0.25) is 11.8 Å². The maximum absolute atomic E-state index is 12.2. The first kappa shape index (κ1) is 12.3. The van der Waals surface area contributed by atoms with Crippen molar-refractivity contribution in [2.45, 2.75) is 43.9 Å². The molecule has 2 saturated heterocycles. The van der Waals surface area contributed by atoms with Gasteiger partial charge in [-0.2, -0.15) is 0 Å². The molecule has 2 aliphatic rings. The summed E-state index contributed by atoms with van der Waals surface area (Å²) in [5.41, 5.74) is 4.97. The van der Waals surface area contributed by atoms with E-state index in [9.17, 15) is 14.7 Å². The molecule has 17 heavy (non-hydrogen) atoms. The third-order valence-corrected chi connectivity index (χ3v) is 3.77. The Morgan fingerprint density at radius 2 is 2.29 bits per heavy atom. The highest BCUT2D eigenvalue weighted by Gasteiger charge is 2.54. The number of piperidine rings is 1. The van der Waals surface area contributed by atoms with E-state index in [-0.39, 0.29) is 11.8 Å². The van der Waals surface area contributed by atoms with Crippen LogP contribution in [0, 0.1) is 0 Å². The predicted molar refractivity (Wildman–Crippen MR) is 61.0 cm³/mol. The predicted octanol–water partition coefficient (Wildman–Crippen LogP) is -1.42. The first-order valence-corrected chi connectivity index (χ1v) is 6.02. The van der Waals surface area contributed by atoms with Crippen molar-refractivity contribution < 1.29 is 14.7 Å². The number of hydrogen-bond donors (Lipinski definition) is 3. The number of nitrogens with two attached hydrogens (primary N) is 1. The number of rotatable bonds is 2. The van der Waals surface area contributed by atoms with Gasteiger partial charge >= 0.3 is 0 Å². The highest BCUT2D eigenvalue weighted by Crippen LogP contribution is 2.33. The number of β-lactam (4-membered cyclic amide) rings is 1. The molecule has 4 N–H and O–H groups in total. The lowest BCUT2D eigenvalue weighted by atomic mass is 9.80. The van der Waals surface area contributed by atoms with Crippen molar-refractivity contribution in [3.63, 3.8) is 0 Å². The van der Waals surface area contributed by atoms with E-state index in [1.54, 1.807) is 4.90 Å². The quantitative estimate of drug-likeness (QED) is 0.517. The maximum Gasteiger partial charge on any atom is 0.247 e. The van der Waals surface area contributed by atoms with Crippen LogP contribution in [0.1, 0.15) is 26.2 Å². The molecule has 2 heterocycles. The SMILES string of the molecule is C[C@@H](O)[C@H](N)C(=O)N1CCCCC12CNC2=O. The van der Waals surface area contributed by atoms with E-state index >= 15 is 0 Å². The van der Waals surface area contributed by atoms with Crippen molar-refractivity contribution in [2.75, 3.05) is 13.1 Å². The number of carbonyl (C=O) groups excluding carboxylic acids is 2. The fourth-order valence-electron chi connectivity index (χ4n) is 2.53. The van der Waals surface area contributed by atoms with Crippen LogP contribution in [0.25, 0.3) is 0 Å². The number of amides is 2. The average molecular weight is 241 g/mol. The third kappa shape index (κ3) is 1.81. The van der Waals surface area contributed by atoms with Crippen LogP contribution < -0.4 is 11.1 Å². The maximum atomic E-state index is 12.2. The van der Waals surface area contributed by atoms with Crippen molar-refractivity contribution in [1.29, 1.82) is 0 Å².